The maximum absolute atomic E-state index is 12.1. The van der Waals surface area contributed by atoms with Gasteiger partial charge in [0.15, 0.2) is 5.58 Å². The van der Waals surface area contributed by atoms with Gasteiger partial charge in [-0.2, -0.15) is 4.98 Å². The van der Waals surface area contributed by atoms with Gasteiger partial charge in [0.05, 0.1) is 6.10 Å². The number of fused-ring (bicyclic) bond motifs is 1. The molecular formula is C17H23N3O3. The van der Waals surface area contributed by atoms with Crippen LogP contribution in [0.5, 0.6) is 0 Å². The lowest BCUT2D eigenvalue weighted by Crippen LogP contribution is -2.41. The standard InChI is InChI=1S/C17H23N3O3/c1-12(21)6-9-18-16(22)13-7-10-20(11-8-13)17-19-14-4-2-3-5-15(14)23-17/h2-5,12-13,21H,6-11H2,1H3,(H,18,22). The van der Waals surface area contributed by atoms with Gasteiger partial charge in [0.2, 0.25) is 5.91 Å². The third kappa shape index (κ3) is 3.82. The molecule has 1 aromatic heterocycles. The van der Waals surface area contributed by atoms with Crippen LogP contribution >= 0.6 is 0 Å². The average Bonchev–Trinajstić information content (AvgIpc) is 2.98. The van der Waals surface area contributed by atoms with E-state index in [2.05, 4.69) is 15.2 Å². The van der Waals surface area contributed by atoms with Gasteiger partial charge in [-0.3, -0.25) is 4.79 Å². The lowest BCUT2D eigenvalue weighted by molar-refractivity contribution is -0.125. The van der Waals surface area contributed by atoms with Crippen LogP contribution in [0.15, 0.2) is 28.7 Å². The van der Waals surface area contributed by atoms with Gasteiger partial charge in [-0.15, -0.1) is 0 Å². The third-order valence-electron chi connectivity index (χ3n) is 4.28. The van der Waals surface area contributed by atoms with Crippen molar-refractivity contribution in [2.45, 2.75) is 32.3 Å². The van der Waals surface area contributed by atoms with Gasteiger partial charge in [-0.25, -0.2) is 0 Å². The summed E-state index contributed by atoms with van der Waals surface area (Å²) in [7, 11) is 0. The van der Waals surface area contributed by atoms with Gasteiger partial charge in [-0.05, 0) is 38.3 Å². The molecule has 0 spiro atoms. The van der Waals surface area contributed by atoms with Crippen LogP contribution in [0.25, 0.3) is 11.1 Å². The molecule has 3 rings (SSSR count). The minimum atomic E-state index is -0.378. The van der Waals surface area contributed by atoms with Gasteiger partial charge in [0.1, 0.15) is 5.52 Å². The fraction of sp³-hybridized carbons (Fsp3) is 0.529. The number of nitrogens with zero attached hydrogens (tertiary/aromatic N) is 2. The van der Waals surface area contributed by atoms with Crippen molar-refractivity contribution in [3.63, 3.8) is 0 Å². The first-order chi connectivity index (χ1) is 11.1. The van der Waals surface area contributed by atoms with Crippen LogP contribution in [0.4, 0.5) is 6.01 Å². The average molecular weight is 317 g/mol. The molecule has 2 heterocycles. The fourth-order valence-corrected chi connectivity index (χ4v) is 2.88. The van der Waals surface area contributed by atoms with Gasteiger partial charge < -0.3 is 19.7 Å². The number of carbonyl (C=O) groups excluding carboxylic acids is 1. The molecule has 1 aliphatic rings. The number of carbonyl (C=O) groups is 1. The number of oxazole rings is 1. The number of piperidine rings is 1. The Balaban J connectivity index is 1.52. The highest BCUT2D eigenvalue weighted by Gasteiger charge is 2.27. The summed E-state index contributed by atoms with van der Waals surface area (Å²) in [5, 5.41) is 12.1. The first-order valence-corrected chi connectivity index (χ1v) is 8.20. The molecule has 6 heteroatoms. The number of anilines is 1. The van der Waals surface area contributed by atoms with Gasteiger partial charge in [-0.1, -0.05) is 12.1 Å². The first-order valence-electron chi connectivity index (χ1n) is 8.20. The van der Waals surface area contributed by atoms with Crippen molar-refractivity contribution < 1.29 is 14.3 Å². The SMILES string of the molecule is CC(O)CCNC(=O)C1CCN(c2nc3ccccc3o2)CC1. The largest absolute Gasteiger partial charge is 0.423 e. The highest BCUT2D eigenvalue weighted by Crippen LogP contribution is 2.26. The number of benzene rings is 1. The van der Waals surface area contributed by atoms with E-state index in [0.29, 0.717) is 19.0 Å². The molecule has 0 aliphatic carbocycles. The minimum absolute atomic E-state index is 0.0321. The van der Waals surface area contributed by atoms with Crippen molar-refractivity contribution >= 4 is 23.0 Å². The van der Waals surface area contributed by atoms with Crippen molar-refractivity contribution in [3.05, 3.63) is 24.3 Å². The zero-order chi connectivity index (χ0) is 16.2. The number of hydrogen-bond acceptors (Lipinski definition) is 5. The summed E-state index contributed by atoms with van der Waals surface area (Å²) in [6.45, 7) is 3.79. The number of aromatic nitrogens is 1. The monoisotopic (exact) mass is 317 g/mol. The zero-order valence-corrected chi connectivity index (χ0v) is 13.4. The van der Waals surface area contributed by atoms with E-state index in [-0.39, 0.29) is 17.9 Å². The normalized spacial score (nSPS) is 17.4. The summed E-state index contributed by atoms with van der Waals surface area (Å²) in [4.78, 5) is 18.7. The molecule has 1 aromatic carbocycles. The highest BCUT2D eigenvalue weighted by atomic mass is 16.4. The second kappa shape index (κ2) is 7.00. The predicted octanol–water partition coefficient (Wildman–Crippen LogP) is 1.93. The van der Waals surface area contributed by atoms with E-state index < -0.39 is 0 Å². The van der Waals surface area contributed by atoms with Crippen LogP contribution in [-0.4, -0.2) is 41.7 Å². The Kier molecular flexibility index (Phi) is 4.81. The molecule has 1 unspecified atom stereocenters. The van der Waals surface area contributed by atoms with Crippen LogP contribution in [0.1, 0.15) is 26.2 Å². The molecule has 124 valence electrons. The van der Waals surface area contributed by atoms with Crippen LogP contribution in [0, 0.1) is 5.92 Å². The number of hydrogen-bond donors (Lipinski definition) is 2. The Bertz CT molecular complexity index is 627. The molecular weight excluding hydrogens is 294 g/mol. The van der Waals surface area contributed by atoms with Gasteiger partial charge in [0, 0.05) is 25.6 Å². The molecule has 2 aromatic rings. The quantitative estimate of drug-likeness (QED) is 0.881. The molecule has 6 nitrogen and oxygen atoms in total. The van der Waals surface area contributed by atoms with Crippen molar-refractivity contribution in [1.82, 2.24) is 10.3 Å². The molecule has 1 aliphatic heterocycles. The fourth-order valence-electron chi connectivity index (χ4n) is 2.88. The van der Waals surface area contributed by atoms with Crippen molar-refractivity contribution in [2.24, 2.45) is 5.92 Å². The molecule has 1 saturated heterocycles. The maximum Gasteiger partial charge on any atom is 0.298 e. The number of rotatable bonds is 5. The van der Waals surface area contributed by atoms with Crippen molar-refractivity contribution in [1.29, 1.82) is 0 Å². The molecule has 0 radical (unpaired) electrons. The minimum Gasteiger partial charge on any atom is -0.423 e. The van der Waals surface area contributed by atoms with Crippen LogP contribution in [-0.2, 0) is 4.79 Å². The summed E-state index contributed by atoms with van der Waals surface area (Å²) < 4.78 is 5.78. The number of para-hydroxylation sites is 2. The zero-order valence-electron chi connectivity index (χ0n) is 13.4. The topological polar surface area (TPSA) is 78.6 Å². The Morgan fingerprint density at radius 3 is 2.87 bits per heavy atom. The third-order valence-corrected chi connectivity index (χ3v) is 4.28. The van der Waals surface area contributed by atoms with Crippen molar-refractivity contribution in [3.8, 4) is 0 Å². The Labute approximate surface area is 135 Å². The molecule has 1 fully saturated rings. The lowest BCUT2D eigenvalue weighted by atomic mass is 9.96. The highest BCUT2D eigenvalue weighted by molar-refractivity contribution is 5.79. The van der Waals surface area contributed by atoms with E-state index in [1.54, 1.807) is 6.92 Å². The van der Waals surface area contributed by atoms with E-state index in [1.807, 2.05) is 24.3 Å². The number of aliphatic hydroxyl groups excluding tert-OH is 1. The van der Waals surface area contributed by atoms with E-state index in [1.165, 1.54) is 0 Å². The Morgan fingerprint density at radius 1 is 1.43 bits per heavy atom. The van der Waals surface area contributed by atoms with E-state index in [9.17, 15) is 9.90 Å². The molecule has 1 atom stereocenters. The Morgan fingerprint density at radius 2 is 2.17 bits per heavy atom. The summed E-state index contributed by atoms with van der Waals surface area (Å²) in [6, 6.07) is 8.36. The predicted molar refractivity (Wildman–Crippen MR) is 88.3 cm³/mol. The smallest absolute Gasteiger partial charge is 0.298 e. The molecule has 1 amide bonds. The van der Waals surface area contributed by atoms with Crippen molar-refractivity contribution in [2.75, 3.05) is 24.5 Å². The van der Waals surface area contributed by atoms with Gasteiger partial charge in [0.25, 0.3) is 6.01 Å². The van der Waals surface area contributed by atoms with E-state index in [0.717, 1.165) is 37.0 Å². The van der Waals surface area contributed by atoms with Crippen LogP contribution in [0.2, 0.25) is 0 Å². The second-order valence-corrected chi connectivity index (χ2v) is 6.15. The van der Waals surface area contributed by atoms with Crippen LogP contribution in [0.3, 0.4) is 0 Å². The molecule has 23 heavy (non-hydrogen) atoms. The summed E-state index contributed by atoms with van der Waals surface area (Å²) >= 11 is 0. The Hall–Kier alpha value is -2.08. The number of nitrogens with one attached hydrogen (secondary N) is 1. The molecule has 0 bridgehead atoms. The number of aliphatic hydroxyl groups is 1. The molecule has 0 saturated carbocycles. The molecule has 2 N–H and O–H groups in total. The summed E-state index contributed by atoms with van der Waals surface area (Å²) in [6.07, 6.45) is 1.79. The number of amides is 1. The van der Waals surface area contributed by atoms with E-state index >= 15 is 0 Å². The maximum atomic E-state index is 12.1. The lowest BCUT2D eigenvalue weighted by Gasteiger charge is -2.30. The summed E-state index contributed by atoms with van der Waals surface area (Å²) in [5.41, 5.74) is 1.65. The first kappa shape index (κ1) is 15.8. The van der Waals surface area contributed by atoms with Crippen LogP contribution < -0.4 is 10.2 Å². The summed E-state index contributed by atoms with van der Waals surface area (Å²) in [5.74, 6) is 0.118. The van der Waals surface area contributed by atoms with Gasteiger partial charge >= 0.3 is 0 Å². The second-order valence-electron chi connectivity index (χ2n) is 6.15. The van der Waals surface area contributed by atoms with E-state index in [4.69, 9.17) is 4.42 Å².